The van der Waals surface area contributed by atoms with E-state index in [1.165, 1.54) is 0 Å². The molecule has 1 fully saturated rings. The van der Waals surface area contributed by atoms with Crippen LogP contribution in [0.25, 0.3) is 0 Å². The van der Waals surface area contributed by atoms with Crippen LogP contribution in [0.15, 0.2) is 18.2 Å². The number of hydrogen-bond acceptors (Lipinski definition) is 2. The molecule has 1 amide bonds. The second-order valence-corrected chi connectivity index (χ2v) is 5.94. The molecule has 0 radical (unpaired) electrons. The van der Waals surface area contributed by atoms with E-state index in [-0.39, 0.29) is 5.91 Å². The summed E-state index contributed by atoms with van der Waals surface area (Å²) in [5.74, 6) is -0.118. The molecule has 1 saturated heterocycles. The number of aliphatic hydroxyl groups is 1. The van der Waals surface area contributed by atoms with E-state index in [1.807, 2.05) is 6.07 Å². The molecule has 1 aliphatic heterocycles. The number of nitrogens with zero attached hydrogens (tertiary/aromatic N) is 1. The molecule has 0 bridgehead atoms. The van der Waals surface area contributed by atoms with E-state index in [0.717, 1.165) is 3.57 Å². The van der Waals surface area contributed by atoms with E-state index in [1.54, 1.807) is 24.0 Å². The fourth-order valence-corrected chi connectivity index (χ4v) is 2.69. The predicted molar refractivity (Wildman–Crippen MR) is 70.7 cm³/mol. The first kappa shape index (κ1) is 12.1. The molecule has 86 valence electrons. The minimum Gasteiger partial charge on any atom is -0.386 e. The Morgan fingerprint density at radius 1 is 1.56 bits per heavy atom. The molecule has 0 aromatic heterocycles. The number of carbonyl (C=O) groups excluding carboxylic acids is 1. The molecule has 0 atom stereocenters. The predicted octanol–water partition coefficient (Wildman–Crippen LogP) is 2.15. The Hall–Kier alpha value is -0.330. The first-order valence-corrected chi connectivity index (χ1v) is 6.31. The van der Waals surface area contributed by atoms with Crippen molar-refractivity contribution in [3.63, 3.8) is 0 Å². The van der Waals surface area contributed by atoms with Gasteiger partial charge in [0.15, 0.2) is 0 Å². The van der Waals surface area contributed by atoms with Crippen molar-refractivity contribution in [2.24, 2.45) is 0 Å². The van der Waals surface area contributed by atoms with Crippen LogP contribution >= 0.6 is 34.2 Å². The summed E-state index contributed by atoms with van der Waals surface area (Å²) in [6.07, 6.45) is 0. The summed E-state index contributed by atoms with van der Waals surface area (Å²) in [6, 6.07) is 5.32. The van der Waals surface area contributed by atoms with Crippen LogP contribution in [-0.4, -0.2) is 34.6 Å². The van der Waals surface area contributed by atoms with Gasteiger partial charge in [0.2, 0.25) is 0 Å². The number of likely N-dealkylation sites (tertiary alicyclic amines) is 1. The highest BCUT2D eigenvalue weighted by atomic mass is 127. The third-order valence-corrected chi connectivity index (χ3v) is 3.50. The van der Waals surface area contributed by atoms with Crippen LogP contribution in [-0.2, 0) is 0 Å². The standard InChI is InChI=1S/C11H11ClINO2/c1-11(16)5-14(6-11)10(15)8-3-2-7(13)4-9(8)12/h2-4,16H,5-6H2,1H3. The van der Waals surface area contributed by atoms with Gasteiger partial charge >= 0.3 is 0 Å². The third-order valence-electron chi connectivity index (χ3n) is 2.51. The minimum absolute atomic E-state index is 0.118. The van der Waals surface area contributed by atoms with E-state index in [0.29, 0.717) is 23.7 Å². The van der Waals surface area contributed by atoms with Crippen molar-refractivity contribution < 1.29 is 9.90 Å². The molecule has 0 saturated carbocycles. The molecule has 1 N–H and O–H groups in total. The lowest BCUT2D eigenvalue weighted by Gasteiger charge is -2.44. The van der Waals surface area contributed by atoms with Crippen molar-refractivity contribution in [3.05, 3.63) is 32.4 Å². The molecule has 2 rings (SSSR count). The lowest BCUT2D eigenvalue weighted by Crippen LogP contribution is -2.61. The van der Waals surface area contributed by atoms with Gasteiger partial charge in [-0.2, -0.15) is 0 Å². The molecule has 0 aliphatic carbocycles. The highest BCUT2D eigenvalue weighted by Gasteiger charge is 2.40. The fraction of sp³-hybridized carbons (Fsp3) is 0.364. The van der Waals surface area contributed by atoms with Gasteiger partial charge in [0.1, 0.15) is 0 Å². The van der Waals surface area contributed by atoms with Gasteiger partial charge in [0, 0.05) is 3.57 Å². The summed E-state index contributed by atoms with van der Waals surface area (Å²) < 4.78 is 0.995. The second kappa shape index (κ2) is 4.16. The Balaban J connectivity index is 2.16. The first-order valence-electron chi connectivity index (χ1n) is 4.86. The van der Waals surface area contributed by atoms with Crippen molar-refractivity contribution >= 4 is 40.1 Å². The lowest BCUT2D eigenvalue weighted by molar-refractivity contribution is -0.0668. The van der Waals surface area contributed by atoms with Crippen LogP contribution in [0.2, 0.25) is 5.02 Å². The molecular weight excluding hydrogens is 340 g/mol. The highest BCUT2D eigenvalue weighted by Crippen LogP contribution is 2.26. The fourth-order valence-electron chi connectivity index (χ4n) is 1.75. The van der Waals surface area contributed by atoms with Gasteiger partial charge in [-0.1, -0.05) is 11.6 Å². The minimum atomic E-state index is -0.745. The summed E-state index contributed by atoms with van der Waals surface area (Å²) in [6.45, 7) is 2.45. The molecule has 1 aromatic rings. The smallest absolute Gasteiger partial charge is 0.255 e. The van der Waals surface area contributed by atoms with E-state index >= 15 is 0 Å². The highest BCUT2D eigenvalue weighted by molar-refractivity contribution is 14.1. The number of β-amino-alcohol motifs (C(OH)–C–C–N with tert-alkyl or cyclic N) is 1. The maximum atomic E-state index is 12.0. The molecule has 1 aliphatic rings. The molecule has 0 spiro atoms. The van der Waals surface area contributed by atoms with Crippen LogP contribution < -0.4 is 0 Å². The Morgan fingerprint density at radius 2 is 2.19 bits per heavy atom. The van der Waals surface area contributed by atoms with Crippen molar-refractivity contribution in [1.29, 1.82) is 0 Å². The monoisotopic (exact) mass is 351 g/mol. The summed E-state index contributed by atoms with van der Waals surface area (Å²) in [5, 5.41) is 10.0. The normalized spacial score (nSPS) is 18.1. The molecule has 16 heavy (non-hydrogen) atoms. The SMILES string of the molecule is CC1(O)CN(C(=O)c2ccc(I)cc2Cl)C1. The number of halogens is 2. The quantitative estimate of drug-likeness (QED) is 0.788. The third kappa shape index (κ3) is 2.33. The summed E-state index contributed by atoms with van der Waals surface area (Å²) in [4.78, 5) is 13.6. The van der Waals surface area contributed by atoms with Gasteiger partial charge in [-0.25, -0.2) is 0 Å². The van der Waals surface area contributed by atoms with E-state index in [2.05, 4.69) is 22.6 Å². The van der Waals surface area contributed by atoms with Crippen LogP contribution in [0.4, 0.5) is 0 Å². The van der Waals surface area contributed by atoms with Crippen molar-refractivity contribution in [1.82, 2.24) is 4.90 Å². The maximum Gasteiger partial charge on any atom is 0.255 e. The van der Waals surface area contributed by atoms with Crippen LogP contribution in [0, 0.1) is 3.57 Å². The second-order valence-electron chi connectivity index (χ2n) is 4.28. The molecule has 1 aromatic carbocycles. The number of rotatable bonds is 1. The average molecular weight is 352 g/mol. The Morgan fingerprint density at radius 3 is 2.69 bits per heavy atom. The maximum absolute atomic E-state index is 12.0. The van der Waals surface area contributed by atoms with Crippen LogP contribution in [0.3, 0.4) is 0 Å². The van der Waals surface area contributed by atoms with E-state index in [9.17, 15) is 9.90 Å². The number of benzene rings is 1. The number of carbonyl (C=O) groups is 1. The molecule has 3 nitrogen and oxygen atoms in total. The Kier molecular flexibility index (Phi) is 3.16. The van der Waals surface area contributed by atoms with Gasteiger partial charge in [0.05, 0.1) is 29.3 Å². The zero-order chi connectivity index (χ0) is 11.9. The van der Waals surface area contributed by atoms with Crippen molar-refractivity contribution in [2.75, 3.05) is 13.1 Å². The molecular formula is C11H11ClINO2. The molecule has 0 unspecified atom stereocenters. The molecule has 5 heteroatoms. The van der Waals surface area contributed by atoms with Gasteiger partial charge in [-0.3, -0.25) is 4.79 Å². The lowest BCUT2D eigenvalue weighted by atomic mass is 9.96. The average Bonchev–Trinajstić information content (AvgIpc) is 2.13. The summed E-state index contributed by atoms with van der Waals surface area (Å²) in [7, 11) is 0. The van der Waals surface area contributed by atoms with Crippen molar-refractivity contribution in [3.8, 4) is 0 Å². The number of hydrogen-bond donors (Lipinski definition) is 1. The van der Waals surface area contributed by atoms with Gasteiger partial charge in [-0.05, 0) is 47.7 Å². The van der Waals surface area contributed by atoms with E-state index < -0.39 is 5.60 Å². The van der Waals surface area contributed by atoms with Crippen LogP contribution in [0.1, 0.15) is 17.3 Å². The summed E-state index contributed by atoms with van der Waals surface area (Å²) >= 11 is 8.15. The largest absolute Gasteiger partial charge is 0.386 e. The van der Waals surface area contributed by atoms with E-state index in [4.69, 9.17) is 11.6 Å². The molecule has 1 heterocycles. The van der Waals surface area contributed by atoms with Crippen molar-refractivity contribution in [2.45, 2.75) is 12.5 Å². The summed E-state index contributed by atoms with van der Waals surface area (Å²) in [5.41, 5.74) is -0.247. The number of amides is 1. The zero-order valence-electron chi connectivity index (χ0n) is 8.70. The topological polar surface area (TPSA) is 40.5 Å². The van der Waals surface area contributed by atoms with Gasteiger partial charge in [0.25, 0.3) is 5.91 Å². The first-order chi connectivity index (χ1) is 7.39. The van der Waals surface area contributed by atoms with Gasteiger partial charge < -0.3 is 10.0 Å². The van der Waals surface area contributed by atoms with Gasteiger partial charge in [-0.15, -0.1) is 0 Å². The Labute approximate surface area is 113 Å². The zero-order valence-corrected chi connectivity index (χ0v) is 11.6. The van der Waals surface area contributed by atoms with Crippen LogP contribution in [0.5, 0.6) is 0 Å². The Bertz CT molecular complexity index is 440.